The number of hydrogen-bond acceptors (Lipinski definition) is 2. The molecule has 1 fully saturated rings. The molecule has 1 atom stereocenters. The molecule has 0 radical (unpaired) electrons. The summed E-state index contributed by atoms with van der Waals surface area (Å²) in [6, 6.07) is 6.91. The highest BCUT2D eigenvalue weighted by Crippen LogP contribution is 2.30. The third-order valence-electron chi connectivity index (χ3n) is 3.05. The maximum Gasteiger partial charge on any atom is 0.0604 e. The highest BCUT2D eigenvalue weighted by Gasteiger charge is 2.21. The Morgan fingerprint density at radius 2 is 2.21 bits per heavy atom. The Labute approximate surface area is 85.7 Å². The maximum atomic E-state index is 5.99. The molecule has 1 aliphatic rings. The van der Waals surface area contributed by atoms with Crippen molar-refractivity contribution in [1.82, 2.24) is 0 Å². The first-order valence-electron chi connectivity index (χ1n) is 5.31. The lowest BCUT2D eigenvalue weighted by atomic mass is 10.1. The van der Waals surface area contributed by atoms with E-state index in [0.717, 1.165) is 12.2 Å². The second-order valence-corrected chi connectivity index (χ2v) is 4.25. The van der Waals surface area contributed by atoms with Crippen molar-refractivity contribution in [1.29, 1.82) is 0 Å². The van der Waals surface area contributed by atoms with Gasteiger partial charge in [-0.3, -0.25) is 0 Å². The second-order valence-electron chi connectivity index (χ2n) is 4.25. The lowest BCUT2D eigenvalue weighted by Gasteiger charge is -2.25. The van der Waals surface area contributed by atoms with Crippen LogP contribution in [-0.4, -0.2) is 12.6 Å². The third-order valence-corrected chi connectivity index (χ3v) is 3.05. The number of nitrogen functional groups attached to an aromatic ring is 1. The van der Waals surface area contributed by atoms with E-state index in [9.17, 15) is 0 Å². The molecule has 2 heteroatoms. The average Bonchev–Trinajstić information content (AvgIpc) is 2.56. The van der Waals surface area contributed by atoms with E-state index in [1.807, 2.05) is 6.07 Å². The summed E-state index contributed by atoms with van der Waals surface area (Å²) in [5.74, 6) is 0. The summed E-state index contributed by atoms with van der Waals surface area (Å²) in [7, 11) is 0. The van der Waals surface area contributed by atoms with Crippen molar-refractivity contribution in [2.24, 2.45) is 0 Å². The normalized spacial score (nSPS) is 21.6. The number of nitrogens with zero attached hydrogens (tertiary/aromatic N) is 1. The van der Waals surface area contributed by atoms with Gasteiger partial charge in [0.2, 0.25) is 0 Å². The molecular weight excluding hydrogens is 172 g/mol. The predicted molar refractivity (Wildman–Crippen MR) is 61.6 cm³/mol. The van der Waals surface area contributed by atoms with Crippen LogP contribution in [-0.2, 0) is 0 Å². The summed E-state index contributed by atoms with van der Waals surface area (Å²) in [5, 5.41) is 0. The van der Waals surface area contributed by atoms with E-state index in [2.05, 4.69) is 30.9 Å². The van der Waals surface area contributed by atoms with Crippen molar-refractivity contribution in [3.8, 4) is 0 Å². The average molecular weight is 190 g/mol. The number of benzene rings is 1. The molecule has 1 aliphatic heterocycles. The minimum Gasteiger partial charge on any atom is -0.397 e. The van der Waals surface area contributed by atoms with E-state index in [1.165, 1.54) is 24.1 Å². The molecule has 0 saturated carbocycles. The van der Waals surface area contributed by atoms with Gasteiger partial charge in [0, 0.05) is 12.6 Å². The lowest BCUT2D eigenvalue weighted by molar-refractivity contribution is 0.735. The fraction of sp³-hybridized carbons (Fsp3) is 0.500. The van der Waals surface area contributed by atoms with Crippen LogP contribution >= 0.6 is 0 Å². The number of nitrogens with two attached hydrogens (primary N) is 1. The summed E-state index contributed by atoms with van der Waals surface area (Å²) in [5.41, 5.74) is 9.40. The smallest absolute Gasteiger partial charge is 0.0604 e. The van der Waals surface area contributed by atoms with Crippen LogP contribution in [0.4, 0.5) is 11.4 Å². The maximum absolute atomic E-state index is 5.99. The van der Waals surface area contributed by atoms with Crippen molar-refractivity contribution in [2.75, 3.05) is 17.2 Å². The largest absolute Gasteiger partial charge is 0.397 e. The molecule has 1 heterocycles. The Hall–Kier alpha value is -1.18. The quantitative estimate of drug-likeness (QED) is 0.690. The number of hydrogen-bond donors (Lipinski definition) is 1. The minimum absolute atomic E-state index is 0.638. The van der Waals surface area contributed by atoms with Crippen molar-refractivity contribution < 1.29 is 0 Å². The molecule has 0 aromatic heterocycles. The van der Waals surface area contributed by atoms with E-state index in [4.69, 9.17) is 5.73 Å². The van der Waals surface area contributed by atoms with Crippen LogP contribution in [0.1, 0.15) is 25.3 Å². The topological polar surface area (TPSA) is 29.3 Å². The lowest BCUT2D eigenvalue weighted by Crippen LogP contribution is -2.27. The predicted octanol–water partition coefficient (Wildman–Crippen LogP) is 2.57. The molecule has 1 unspecified atom stereocenters. The van der Waals surface area contributed by atoms with Gasteiger partial charge < -0.3 is 10.6 Å². The number of rotatable bonds is 1. The van der Waals surface area contributed by atoms with E-state index in [1.54, 1.807) is 0 Å². The zero-order valence-electron chi connectivity index (χ0n) is 8.96. The van der Waals surface area contributed by atoms with Gasteiger partial charge in [-0.1, -0.05) is 6.07 Å². The van der Waals surface area contributed by atoms with Crippen LogP contribution in [0.5, 0.6) is 0 Å². The SMILES string of the molecule is Cc1ccc(N)c(N2CCCC2C)c1. The van der Waals surface area contributed by atoms with Gasteiger partial charge >= 0.3 is 0 Å². The molecule has 0 bridgehead atoms. The van der Waals surface area contributed by atoms with Gasteiger partial charge in [0.25, 0.3) is 0 Å². The number of anilines is 2. The third kappa shape index (κ3) is 1.57. The van der Waals surface area contributed by atoms with Crippen LogP contribution < -0.4 is 10.6 Å². The first-order chi connectivity index (χ1) is 6.68. The van der Waals surface area contributed by atoms with Gasteiger partial charge in [-0.05, 0) is 44.4 Å². The van der Waals surface area contributed by atoms with Crippen molar-refractivity contribution >= 4 is 11.4 Å². The van der Waals surface area contributed by atoms with Gasteiger partial charge in [-0.2, -0.15) is 0 Å². The highest BCUT2D eigenvalue weighted by molar-refractivity contribution is 5.69. The zero-order valence-corrected chi connectivity index (χ0v) is 8.96. The Balaban J connectivity index is 2.34. The summed E-state index contributed by atoms with van der Waals surface area (Å²) >= 11 is 0. The summed E-state index contributed by atoms with van der Waals surface area (Å²) in [6.07, 6.45) is 2.57. The summed E-state index contributed by atoms with van der Waals surface area (Å²) in [4.78, 5) is 2.42. The van der Waals surface area contributed by atoms with Gasteiger partial charge in [0.1, 0.15) is 0 Å². The van der Waals surface area contributed by atoms with Crippen LogP contribution in [0.15, 0.2) is 18.2 Å². The Morgan fingerprint density at radius 3 is 2.86 bits per heavy atom. The molecule has 0 spiro atoms. The fourth-order valence-corrected chi connectivity index (χ4v) is 2.19. The minimum atomic E-state index is 0.638. The molecule has 76 valence electrons. The standard InChI is InChI=1S/C12H18N2/c1-9-5-6-11(13)12(8-9)14-7-3-4-10(14)2/h5-6,8,10H,3-4,7,13H2,1-2H3. The fourth-order valence-electron chi connectivity index (χ4n) is 2.19. The summed E-state index contributed by atoms with van der Waals surface area (Å²) in [6.45, 7) is 5.53. The molecule has 2 N–H and O–H groups in total. The molecule has 0 aliphatic carbocycles. The van der Waals surface area contributed by atoms with Gasteiger partial charge in [0.15, 0.2) is 0 Å². The number of aryl methyl sites for hydroxylation is 1. The first kappa shape index (κ1) is 9.38. The highest BCUT2D eigenvalue weighted by atomic mass is 15.2. The molecular formula is C12H18N2. The van der Waals surface area contributed by atoms with Crippen LogP contribution in [0.25, 0.3) is 0 Å². The Bertz CT molecular complexity index is 333. The molecule has 2 rings (SSSR count). The van der Waals surface area contributed by atoms with Gasteiger partial charge in [-0.15, -0.1) is 0 Å². The molecule has 1 aromatic rings. The molecule has 2 nitrogen and oxygen atoms in total. The van der Waals surface area contributed by atoms with E-state index in [0.29, 0.717) is 6.04 Å². The van der Waals surface area contributed by atoms with Gasteiger partial charge in [-0.25, -0.2) is 0 Å². The van der Waals surface area contributed by atoms with Crippen LogP contribution in [0, 0.1) is 6.92 Å². The van der Waals surface area contributed by atoms with Crippen molar-refractivity contribution in [2.45, 2.75) is 32.7 Å². The van der Waals surface area contributed by atoms with Crippen LogP contribution in [0.3, 0.4) is 0 Å². The van der Waals surface area contributed by atoms with Crippen molar-refractivity contribution in [3.63, 3.8) is 0 Å². The molecule has 14 heavy (non-hydrogen) atoms. The van der Waals surface area contributed by atoms with Crippen LogP contribution in [0.2, 0.25) is 0 Å². The second kappa shape index (κ2) is 3.52. The Morgan fingerprint density at radius 1 is 1.43 bits per heavy atom. The molecule has 1 aromatic carbocycles. The van der Waals surface area contributed by atoms with E-state index >= 15 is 0 Å². The molecule has 1 saturated heterocycles. The first-order valence-corrected chi connectivity index (χ1v) is 5.31. The summed E-state index contributed by atoms with van der Waals surface area (Å²) < 4.78 is 0. The molecule has 0 amide bonds. The zero-order chi connectivity index (χ0) is 10.1. The Kier molecular flexibility index (Phi) is 2.36. The van der Waals surface area contributed by atoms with E-state index in [-0.39, 0.29) is 0 Å². The van der Waals surface area contributed by atoms with Gasteiger partial charge in [0.05, 0.1) is 11.4 Å². The monoisotopic (exact) mass is 190 g/mol. The van der Waals surface area contributed by atoms with Crippen molar-refractivity contribution in [3.05, 3.63) is 23.8 Å². The van der Waals surface area contributed by atoms with E-state index < -0.39 is 0 Å².